The summed E-state index contributed by atoms with van der Waals surface area (Å²) in [5, 5.41) is 0. The fourth-order valence-corrected chi connectivity index (χ4v) is 7.63. The van der Waals surface area contributed by atoms with Crippen molar-refractivity contribution in [1.82, 2.24) is 0 Å². The topological polar surface area (TPSA) is 36.9 Å². The van der Waals surface area contributed by atoms with Crippen LogP contribution in [0.4, 0.5) is 0 Å². The van der Waals surface area contributed by atoms with E-state index in [2.05, 4.69) is 65.1 Å². The third kappa shape index (κ3) is 11.4. The van der Waals surface area contributed by atoms with Crippen molar-refractivity contribution in [3.8, 4) is 0 Å². The Labute approximate surface area is 226 Å². The average molecular weight is 533 g/mol. The molecule has 0 radical (unpaired) electrons. The zero-order valence-corrected chi connectivity index (χ0v) is 25.4. The van der Waals surface area contributed by atoms with Gasteiger partial charge in [0.15, 0.2) is 12.6 Å². The third-order valence-corrected chi connectivity index (χ3v) is 10.6. The zero-order chi connectivity index (χ0) is 25.5. The highest BCUT2D eigenvalue weighted by molar-refractivity contribution is 7.99. The average Bonchev–Trinajstić information content (AvgIpc) is 2.88. The van der Waals surface area contributed by atoms with Crippen LogP contribution in [0, 0.1) is 29.1 Å². The smallest absolute Gasteiger partial charge is 0.160 e. The molecule has 2 rings (SSSR count). The van der Waals surface area contributed by atoms with Crippen LogP contribution in [0.2, 0.25) is 0 Å². The Morgan fingerprint density at radius 1 is 0.629 bits per heavy atom. The SMILES string of the molecule is CCCCC(CC)CSCC(C)C1OCC2(CO1)COC(C(C)CSCC(CC)CCCC)OC2. The summed E-state index contributed by atoms with van der Waals surface area (Å²) in [6.07, 6.45) is 10.4. The van der Waals surface area contributed by atoms with E-state index in [1.54, 1.807) is 0 Å². The summed E-state index contributed by atoms with van der Waals surface area (Å²) in [6, 6.07) is 0. The first-order chi connectivity index (χ1) is 17.0. The lowest BCUT2D eigenvalue weighted by Gasteiger charge is -2.45. The first-order valence-electron chi connectivity index (χ1n) is 14.6. The zero-order valence-electron chi connectivity index (χ0n) is 23.7. The number of ether oxygens (including phenoxy) is 4. The molecule has 4 atom stereocenters. The van der Waals surface area contributed by atoms with E-state index in [1.807, 2.05) is 0 Å². The van der Waals surface area contributed by atoms with Crippen LogP contribution < -0.4 is 0 Å². The highest BCUT2D eigenvalue weighted by Crippen LogP contribution is 2.34. The molecule has 2 fully saturated rings. The number of thioether (sulfide) groups is 2. The maximum absolute atomic E-state index is 6.21. The molecule has 0 amide bonds. The van der Waals surface area contributed by atoms with Crippen molar-refractivity contribution in [2.75, 3.05) is 49.4 Å². The van der Waals surface area contributed by atoms with Crippen LogP contribution in [0.15, 0.2) is 0 Å². The van der Waals surface area contributed by atoms with Gasteiger partial charge in [-0.25, -0.2) is 0 Å². The molecule has 0 aliphatic carbocycles. The second-order valence-corrected chi connectivity index (χ2v) is 13.5. The van der Waals surface area contributed by atoms with E-state index in [-0.39, 0.29) is 18.0 Å². The molecule has 4 nitrogen and oxygen atoms in total. The van der Waals surface area contributed by atoms with Crippen LogP contribution in [-0.4, -0.2) is 62.0 Å². The summed E-state index contributed by atoms with van der Waals surface area (Å²) in [4.78, 5) is 0. The van der Waals surface area contributed by atoms with Crippen LogP contribution in [0.25, 0.3) is 0 Å². The second-order valence-electron chi connectivity index (χ2n) is 11.3. The van der Waals surface area contributed by atoms with Crippen molar-refractivity contribution < 1.29 is 18.9 Å². The van der Waals surface area contributed by atoms with Gasteiger partial charge in [-0.1, -0.05) is 80.1 Å². The van der Waals surface area contributed by atoms with E-state index in [0.29, 0.717) is 38.3 Å². The molecule has 0 bridgehead atoms. The number of hydrogen-bond acceptors (Lipinski definition) is 6. The van der Waals surface area contributed by atoms with Crippen molar-refractivity contribution in [3.05, 3.63) is 0 Å². The molecule has 2 aliphatic rings. The van der Waals surface area contributed by atoms with Gasteiger partial charge in [0.2, 0.25) is 0 Å². The minimum atomic E-state index is -0.145. The second kappa shape index (κ2) is 17.9. The van der Waals surface area contributed by atoms with Gasteiger partial charge in [0.1, 0.15) is 0 Å². The molecule has 0 N–H and O–H groups in total. The predicted octanol–water partition coefficient (Wildman–Crippen LogP) is 7.89. The van der Waals surface area contributed by atoms with E-state index < -0.39 is 0 Å². The van der Waals surface area contributed by atoms with Crippen molar-refractivity contribution in [3.63, 3.8) is 0 Å². The monoisotopic (exact) mass is 532 g/mol. The fourth-order valence-electron chi connectivity index (χ4n) is 4.83. The number of hydrogen-bond donors (Lipinski definition) is 0. The normalized spacial score (nSPS) is 28.6. The summed E-state index contributed by atoms with van der Waals surface area (Å²) in [5.74, 6) is 7.22. The Morgan fingerprint density at radius 2 is 1.00 bits per heavy atom. The van der Waals surface area contributed by atoms with E-state index in [0.717, 1.165) is 23.3 Å². The maximum Gasteiger partial charge on any atom is 0.160 e. The quantitative estimate of drug-likeness (QED) is 0.179. The van der Waals surface area contributed by atoms with Crippen LogP contribution >= 0.6 is 23.5 Å². The van der Waals surface area contributed by atoms with Gasteiger partial charge >= 0.3 is 0 Å². The van der Waals surface area contributed by atoms with Crippen molar-refractivity contribution in [1.29, 1.82) is 0 Å². The Morgan fingerprint density at radius 3 is 1.31 bits per heavy atom. The summed E-state index contributed by atoms with van der Waals surface area (Å²) in [6.45, 7) is 16.4. The Balaban J connectivity index is 1.63. The molecule has 0 aromatic rings. The molecular formula is C29H56O4S2. The van der Waals surface area contributed by atoms with Gasteiger partial charge in [0.25, 0.3) is 0 Å². The molecule has 0 aromatic heterocycles. The summed E-state index contributed by atoms with van der Waals surface area (Å²) in [7, 11) is 0. The minimum Gasteiger partial charge on any atom is -0.352 e. The number of unbranched alkanes of at least 4 members (excludes halogenated alkanes) is 2. The van der Waals surface area contributed by atoms with Crippen molar-refractivity contribution >= 4 is 23.5 Å². The van der Waals surface area contributed by atoms with Crippen LogP contribution in [0.5, 0.6) is 0 Å². The molecular weight excluding hydrogens is 476 g/mol. The van der Waals surface area contributed by atoms with E-state index in [4.69, 9.17) is 18.9 Å². The molecule has 2 aliphatic heterocycles. The van der Waals surface area contributed by atoms with E-state index in [1.165, 1.54) is 62.9 Å². The molecule has 1 spiro atoms. The lowest BCUT2D eigenvalue weighted by molar-refractivity contribution is -0.315. The standard InChI is InChI=1S/C29H56O4S2/c1-7-11-13-25(9-3)17-34-15-23(5)27-30-19-29(20-31-27)21-32-28(33-22-29)24(6)16-35-18-26(10-4)14-12-8-2/h23-28H,7-22H2,1-6H3. The molecule has 35 heavy (non-hydrogen) atoms. The Kier molecular flexibility index (Phi) is 16.3. The highest BCUT2D eigenvalue weighted by Gasteiger charge is 2.43. The van der Waals surface area contributed by atoms with Crippen LogP contribution in [0.3, 0.4) is 0 Å². The van der Waals surface area contributed by atoms with Crippen molar-refractivity contribution in [2.45, 2.75) is 105 Å². The van der Waals surface area contributed by atoms with Crippen molar-refractivity contribution in [2.24, 2.45) is 29.1 Å². The number of rotatable bonds is 18. The van der Waals surface area contributed by atoms with Gasteiger partial charge in [0.05, 0.1) is 31.8 Å². The molecule has 0 aromatic carbocycles. The summed E-state index contributed by atoms with van der Waals surface area (Å²) < 4.78 is 24.9. The molecule has 208 valence electrons. The fraction of sp³-hybridized carbons (Fsp3) is 1.00. The van der Waals surface area contributed by atoms with E-state index >= 15 is 0 Å². The Hall–Kier alpha value is 0.540. The largest absolute Gasteiger partial charge is 0.352 e. The van der Waals surface area contributed by atoms with Gasteiger partial charge in [0, 0.05) is 23.3 Å². The molecule has 0 saturated carbocycles. The van der Waals surface area contributed by atoms with Gasteiger partial charge in [-0.2, -0.15) is 23.5 Å². The molecule has 4 unspecified atom stereocenters. The minimum absolute atomic E-state index is 0.101. The maximum atomic E-state index is 6.21. The third-order valence-electron chi connectivity index (χ3n) is 7.70. The van der Waals surface area contributed by atoms with Crippen LogP contribution in [0.1, 0.15) is 92.9 Å². The van der Waals surface area contributed by atoms with E-state index in [9.17, 15) is 0 Å². The van der Waals surface area contributed by atoms with Gasteiger partial charge in [-0.15, -0.1) is 0 Å². The molecule has 6 heteroatoms. The Bertz CT molecular complexity index is 469. The van der Waals surface area contributed by atoms with Crippen LogP contribution in [-0.2, 0) is 18.9 Å². The van der Waals surface area contributed by atoms with Gasteiger partial charge in [-0.05, 0) is 36.2 Å². The lowest BCUT2D eigenvalue weighted by Crippen LogP contribution is -2.54. The van der Waals surface area contributed by atoms with Gasteiger partial charge in [-0.3, -0.25) is 0 Å². The first-order valence-corrected chi connectivity index (χ1v) is 16.9. The van der Waals surface area contributed by atoms with Gasteiger partial charge < -0.3 is 18.9 Å². The lowest BCUT2D eigenvalue weighted by atomic mass is 9.90. The molecule has 2 heterocycles. The molecule has 2 saturated heterocycles. The predicted molar refractivity (Wildman–Crippen MR) is 153 cm³/mol. The summed E-state index contributed by atoms with van der Waals surface area (Å²) in [5.41, 5.74) is -0.145. The summed E-state index contributed by atoms with van der Waals surface area (Å²) >= 11 is 4.14. The highest BCUT2D eigenvalue weighted by atomic mass is 32.2. The first kappa shape index (κ1) is 31.8.